The molecule has 46 heavy (non-hydrogen) atoms. The number of aryl methyl sites for hydroxylation is 1. The van der Waals surface area contributed by atoms with E-state index in [1.165, 1.54) is 30.0 Å². The van der Waals surface area contributed by atoms with Gasteiger partial charge in [-0.1, -0.05) is 29.5 Å². The van der Waals surface area contributed by atoms with E-state index in [1.807, 2.05) is 24.3 Å². The van der Waals surface area contributed by atoms with Crippen LogP contribution >= 0.6 is 11.3 Å². The Morgan fingerprint density at radius 3 is 2.35 bits per heavy atom. The molecule has 2 bridgehead atoms. The molecule has 1 aromatic carbocycles. The quantitative estimate of drug-likeness (QED) is 0.237. The van der Waals surface area contributed by atoms with Crippen LogP contribution in [0.25, 0.3) is 15.2 Å². The first-order valence-corrected chi connectivity index (χ1v) is 16.4. The largest absolute Gasteiger partial charge is 0.496 e. The smallest absolute Gasteiger partial charge is 0.333 e. The van der Waals surface area contributed by atoms with Gasteiger partial charge in [-0.15, -0.1) is 4.80 Å². The first kappa shape index (κ1) is 32.1. The summed E-state index contributed by atoms with van der Waals surface area (Å²) in [7, 11) is 1.60. The van der Waals surface area contributed by atoms with Crippen LogP contribution in [0.4, 0.5) is 0 Å². The Hall–Kier alpha value is -3.81. The molecular formula is C33H41N5O7S. The highest BCUT2D eigenvalue weighted by Gasteiger charge is 2.40. The lowest BCUT2D eigenvalue weighted by Crippen LogP contribution is -2.54. The van der Waals surface area contributed by atoms with Crippen LogP contribution in [0.15, 0.2) is 46.2 Å². The van der Waals surface area contributed by atoms with E-state index in [4.69, 9.17) is 18.9 Å². The number of rotatable bonds is 9. The van der Waals surface area contributed by atoms with Crippen molar-refractivity contribution in [2.24, 2.45) is 0 Å². The number of fused-ring (bicyclic) bond motifs is 3. The third-order valence-corrected chi connectivity index (χ3v) is 9.96. The van der Waals surface area contributed by atoms with Crippen molar-refractivity contribution in [2.45, 2.75) is 109 Å². The maximum Gasteiger partial charge on any atom is 0.333 e. The van der Waals surface area contributed by atoms with E-state index < -0.39 is 34.5 Å². The highest BCUT2D eigenvalue weighted by Crippen LogP contribution is 2.39. The van der Waals surface area contributed by atoms with Gasteiger partial charge in [-0.25, -0.2) is 14.2 Å². The summed E-state index contributed by atoms with van der Waals surface area (Å²) in [5.74, 6) is -0.0693. The Morgan fingerprint density at radius 1 is 1.07 bits per heavy atom. The Bertz CT molecular complexity index is 1860. The predicted molar refractivity (Wildman–Crippen MR) is 173 cm³/mol. The van der Waals surface area contributed by atoms with Gasteiger partial charge in [0, 0.05) is 11.1 Å². The summed E-state index contributed by atoms with van der Waals surface area (Å²) in [6.45, 7) is 10.1. The second kappa shape index (κ2) is 12.1. The minimum absolute atomic E-state index is 0.0546. The summed E-state index contributed by atoms with van der Waals surface area (Å²) in [5, 5.41) is 9.46. The van der Waals surface area contributed by atoms with Gasteiger partial charge in [0.2, 0.25) is 0 Å². The van der Waals surface area contributed by atoms with E-state index in [-0.39, 0.29) is 24.9 Å². The van der Waals surface area contributed by atoms with Crippen LogP contribution in [0.2, 0.25) is 0 Å². The predicted octanol–water partition coefficient (Wildman–Crippen LogP) is 4.67. The minimum Gasteiger partial charge on any atom is -0.496 e. The second-order valence-electron chi connectivity index (χ2n) is 13.5. The number of carbonyl (C=O) groups excluding carboxylic acids is 1. The number of carbonyl (C=O) groups is 1. The lowest BCUT2D eigenvalue weighted by atomic mass is 10.0. The van der Waals surface area contributed by atoms with Crippen molar-refractivity contribution in [3.05, 3.63) is 68.6 Å². The van der Waals surface area contributed by atoms with E-state index in [2.05, 4.69) is 10.2 Å². The van der Waals surface area contributed by atoms with Crippen molar-refractivity contribution >= 4 is 27.5 Å². The fraction of sp³-hybridized carbons (Fsp3) is 0.545. The van der Waals surface area contributed by atoms with Crippen molar-refractivity contribution in [1.29, 1.82) is 0 Å². The van der Waals surface area contributed by atoms with Crippen molar-refractivity contribution in [2.75, 3.05) is 7.11 Å². The third-order valence-electron chi connectivity index (χ3n) is 8.68. The van der Waals surface area contributed by atoms with Crippen molar-refractivity contribution in [3.63, 3.8) is 0 Å². The van der Waals surface area contributed by atoms with E-state index in [9.17, 15) is 14.4 Å². The zero-order valence-corrected chi connectivity index (χ0v) is 28.1. The number of aromatic nitrogens is 5. The average molecular weight is 652 g/mol. The van der Waals surface area contributed by atoms with Crippen LogP contribution in [0.5, 0.6) is 5.75 Å². The molecule has 3 aromatic heterocycles. The number of benzene rings is 1. The van der Waals surface area contributed by atoms with Crippen LogP contribution in [0.3, 0.4) is 0 Å². The maximum atomic E-state index is 14.6. The Labute approximate surface area is 270 Å². The summed E-state index contributed by atoms with van der Waals surface area (Å²) >= 11 is 1.24. The molecule has 12 nitrogen and oxygen atoms in total. The SMILES string of the molecule is COc1ccccc1[C@H](Cn1c(=O)n(C(C)(C)C(=O)OC(C)(C)C)c(=O)c2c(C)c(-n3nccn3)sc21)OC1C[C@H]2CC[C@@H](C1)O2. The van der Waals surface area contributed by atoms with Crippen LogP contribution in [-0.2, 0) is 31.1 Å². The molecule has 2 aliphatic heterocycles. The molecule has 13 heteroatoms. The summed E-state index contributed by atoms with van der Waals surface area (Å²) in [6.07, 6.45) is 6.21. The zero-order chi connectivity index (χ0) is 33.0. The molecule has 2 fully saturated rings. The summed E-state index contributed by atoms with van der Waals surface area (Å²) in [6, 6.07) is 7.58. The summed E-state index contributed by atoms with van der Waals surface area (Å²) < 4.78 is 26.9. The topological polar surface area (TPSA) is 129 Å². The number of ether oxygens (including phenoxy) is 4. The average Bonchev–Trinajstić information content (AvgIpc) is 3.72. The Kier molecular flexibility index (Phi) is 8.45. The molecule has 2 saturated heterocycles. The number of methoxy groups -OCH3 is 1. The monoisotopic (exact) mass is 651 g/mol. The van der Waals surface area contributed by atoms with Crippen LogP contribution in [0, 0.1) is 6.92 Å². The standard InChI is InChI=1S/C33H41N5O7S/c1-19-26-27(39)37(33(5,6)30(40)45-32(2,3)4)31(41)36(29(26)46-28(19)38-34-14-15-35-38)18-25(23-10-8-9-11-24(23)42-7)44-22-16-20-12-13-21(17-22)43-20/h8-11,14-15,20-22,25H,12-13,16-18H2,1-7H3/t20-,21+,22?,25-/m0/s1. The van der Waals surface area contributed by atoms with Gasteiger partial charge in [-0.05, 0) is 73.3 Å². The molecule has 6 rings (SSSR count). The fourth-order valence-corrected chi connectivity index (χ4v) is 7.68. The molecule has 0 saturated carbocycles. The van der Waals surface area contributed by atoms with Crippen molar-refractivity contribution in [1.82, 2.24) is 24.1 Å². The number of para-hydroxylation sites is 1. The lowest BCUT2D eigenvalue weighted by Gasteiger charge is -2.33. The van der Waals surface area contributed by atoms with Crippen LogP contribution in [-0.4, -0.2) is 61.1 Å². The fourth-order valence-electron chi connectivity index (χ4n) is 6.46. The van der Waals surface area contributed by atoms with Gasteiger partial charge in [-0.2, -0.15) is 10.2 Å². The first-order chi connectivity index (χ1) is 21.8. The molecule has 1 unspecified atom stereocenters. The molecule has 2 aliphatic rings. The van der Waals surface area contributed by atoms with E-state index in [0.29, 0.717) is 26.5 Å². The molecule has 0 N–H and O–H groups in total. The molecule has 0 aliphatic carbocycles. The zero-order valence-electron chi connectivity index (χ0n) is 27.3. The molecule has 4 aromatic rings. The summed E-state index contributed by atoms with van der Waals surface area (Å²) in [5.41, 5.74) is -2.32. The Morgan fingerprint density at radius 2 is 1.72 bits per heavy atom. The number of hydrogen-bond donors (Lipinski definition) is 0. The van der Waals surface area contributed by atoms with Gasteiger partial charge in [0.05, 0.1) is 49.7 Å². The van der Waals surface area contributed by atoms with E-state index in [1.54, 1.807) is 51.8 Å². The first-order valence-electron chi connectivity index (χ1n) is 15.6. The molecule has 0 spiro atoms. The summed E-state index contributed by atoms with van der Waals surface area (Å²) in [4.78, 5) is 44.4. The number of esters is 1. The highest BCUT2D eigenvalue weighted by atomic mass is 32.1. The number of thiophene rings is 1. The maximum absolute atomic E-state index is 14.6. The van der Waals surface area contributed by atoms with Gasteiger partial charge in [0.15, 0.2) is 0 Å². The molecular weight excluding hydrogens is 610 g/mol. The van der Waals surface area contributed by atoms with Gasteiger partial charge in [0.25, 0.3) is 5.56 Å². The van der Waals surface area contributed by atoms with Crippen molar-refractivity contribution in [3.8, 4) is 10.8 Å². The molecule has 5 heterocycles. The second-order valence-corrected chi connectivity index (χ2v) is 14.5. The van der Waals surface area contributed by atoms with E-state index >= 15 is 0 Å². The van der Waals surface area contributed by atoms with Gasteiger partial charge < -0.3 is 18.9 Å². The van der Waals surface area contributed by atoms with Gasteiger partial charge in [0.1, 0.15) is 32.8 Å². The normalized spacial score (nSPS) is 20.6. The molecule has 0 amide bonds. The molecule has 4 atom stereocenters. The highest BCUT2D eigenvalue weighted by molar-refractivity contribution is 7.21. The Balaban J connectivity index is 1.55. The third kappa shape index (κ3) is 5.91. The van der Waals surface area contributed by atoms with Crippen LogP contribution in [0.1, 0.15) is 77.5 Å². The number of hydrogen-bond acceptors (Lipinski definition) is 10. The van der Waals surface area contributed by atoms with Crippen LogP contribution < -0.4 is 16.0 Å². The lowest BCUT2D eigenvalue weighted by molar-refractivity contribution is -0.164. The van der Waals surface area contributed by atoms with Gasteiger partial charge in [-0.3, -0.25) is 9.36 Å². The number of nitrogens with zero attached hydrogens (tertiary/aromatic N) is 5. The van der Waals surface area contributed by atoms with Gasteiger partial charge >= 0.3 is 11.7 Å². The molecule has 246 valence electrons. The van der Waals surface area contributed by atoms with Crippen molar-refractivity contribution < 1.29 is 23.7 Å². The van der Waals surface area contributed by atoms with E-state index in [0.717, 1.165) is 35.8 Å². The minimum atomic E-state index is -1.63. The molecule has 0 radical (unpaired) electrons.